The molecule has 1 rings (SSSR count). The summed E-state index contributed by atoms with van der Waals surface area (Å²) in [7, 11) is 0. The van der Waals surface area contributed by atoms with E-state index in [4.69, 9.17) is 5.84 Å². The van der Waals surface area contributed by atoms with Crippen molar-refractivity contribution in [1.82, 2.24) is 15.2 Å². The van der Waals surface area contributed by atoms with Gasteiger partial charge in [0.2, 0.25) is 0 Å². The summed E-state index contributed by atoms with van der Waals surface area (Å²) in [5.74, 6) is 8.61. The van der Waals surface area contributed by atoms with Crippen molar-refractivity contribution in [1.29, 1.82) is 0 Å². The van der Waals surface area contributed by atoms with Gasteiger partial charge in [-0.1, -0.05) is 13.8 Å². The molecule has 0 radical (unpaired) electrons. The molecule has 0 aliphatic carbocycles. The molecule has 0 fully saturated rings. The minimum Gasteiger partial charge on any atom is -0.271 e. The molecule has 4 nitrogen and oxygen atoms in total. The van der Waals surface area contributed by atoms with Gasteiger partial charge in [-0.2, -0.15) is 16.9 Å². The number of nitrogens with one attached hydrogen (secondary N) is 1. The van der Waals surface area contributed by atoms with Crippen LogP contribution in [0.1, 0.15) is 32.2 Å². The van der Waals surface area contributed by atoms with E-state index in [0.29, 0.717) is 6.04 Å². The van der Waals surface area contributed by atoms with E-state index >= 15 is 0 Å². The van der Waals surface area contributed by atoms with Crippen LogP contribution in [-0.4, -0.2) is 27.3 Å². The summed E-state index contributed by atoms with van der Waals surface area (Å²) in [6.07, 6.45) is 0.941. The van der Waals surface area contributed by atoms with Crippen molar-refractivity contribution >= 4 is 11.8 Å². The molecule has 104 valence electrons. The van der Waals surface area contributed by atoms with Gasteiger partial charge in [-0.3, -0.25) is 16.0 Å². The Morgan fingerprint density at radius 2 is 2.17 bits per heavy atom. The quantitative estimate of drug-likeness (QED) is 0.560. The van der Waals surface area contributed by atoms with Crippen LogP contribution < -0.4 is 11.3 Å². The van der Waals surface area contributed by atoms with Gasteiger partial charge in [-0.05, 0) is 31.6 Å². The van der Waals surface area contributed by atoms with Gasteiger partial charge < -0.3 is 0 Å². The molecule has 0 aliphatic heterocycles. The number of aryl methyl sites for hydroxylation is 2. The molecule has 0 saturated heterocycles. The summed E-state index contributed by atoms with van der Waals surface area (Å²) in [6.45, 7) is 9.56. The molecule has 0 aliphatic rings. The molecule has 0 amide bonds. The Hall–Kier alpha value is -0.520. The maximum absolute atomic E-state index is 5.64. The lowest BCUT2D eigenvalue weighted by atomic mass is 10.2. The van der Waals surface area contributed by atoms with E-state index in [2.05, 4.69) is 42.0 Å². The molecule has 1 atom stereocenters. The van der Waals surface area contributed by atoms with Gasteiger partial charge in [0, 0.05) is 30.5 Å². The van der Waals surface area contributed by atoms with Crippen LogP contribution in [0.4, 0.5) is 0 Å². The highest BCUT2D eigenvalue weighted by molar-refractivity contribution is 7.99. The van der Waals surface area contributed by atoms with Crippen LogP contribution in [0.3, 0.4) is 0 Å². The fraction of sp³-hybridized carbons (Fsp3) is 0.769. The topological polar surface area (TPSA) is 55.9 Å². The fourth-order valence-electron chi connectivity index (χ4n) is 1.90. The van der Waals surface area contributed by atoms with Gasteiger partial charge >= 0.3 is 0 Å². The van der Waals surface area contributed by atoms with Crippen LogP contribution in [0.2, 0.25) is 0 Å². The number of rotatable bonds is 8. The summed E-state index contributed by atoms with van der Waals surface area (Å²) < 4.78 is 2.06. The SMILES string of the molecule is CCn1nc(C)cc1CC(CSCC(C)C)NN. The van der Waals surface area contributed by atoms with Crippen LogP contribution in [0.15, 0.2) is 6.07 Å². The number of hydrazine groups is 1. The number of hydrogen-bond donors (Lipinski definition) is 2. The second-order valence-electron chi connectivity index (χ2n) is 5.09. The second-order valence-corrected chi connectivity index (χ2v) is 6.17. The minimum absolute atomic E-state index is 0.315. The summed E-state index contributed by atoms with van der Waals surface area (Å²) in [5.41, 5.74) is 5.27. The van der Waals surface area contributed by atoms with E-state index in [1.54, 1.807) is 0 Å². The molecule has 18 heavy (non-hydrogen) atoms. The molecule has 1 unspecified atom stereocenters. The Labute approximate surface area is 115 Å². The van der Waals surface area contributed by atoms with Crippen molar-refractivity contribution in [3.63, 3.8) is 0 Å². The zero-order valence-electron chi connectivity index (χ0n) is 11.9. The van der Waals surface area contributed by atoms with Crippen molar-refractivity contribution in [3.8, 4) is 0 Å². The van der Waals surface area contributed by atoms with Crippen LogP contribution in [0, 0.1) is 12.8 Å². The fourth-order valence-corrected chi connectivity index (χ4v) is 3.01. The Morgan fingerprint density at radius 1 is 1.44 bits per heavy atom. The maximum Gasteiger partial charge on any atom is 0.0596 e. The normalized spacial score (nSPS) is 13.2. The first kappa shape index (κ1) is 15.5. The van der Waals surface area contributed by atoms with E-state index in [1.165, 1.54) is 11.4 Å². The Bertz CT molecular complexity index is 349. The molecule has 0 bridgehead atoms. The van der Waals surface area contributed by atoms with E-state index < -0.39 is 0 Å². The smallest absolute Gasteiger partial charge is 0.0596 e. The second kappa shape index (κ2) is 7.81. The van der Waals surface area contributed by atoms with Crippen molar-refractivity contribution in [3.05, 3.63) is 17.5 Å². The van der Waals surface area contributed by atoms with Crippen molar-refractivity contribution < 1.29 is 0 Å². The van der Waals surface area contributed by atoms with Crippen LogP contribution in [0.5, 0.6) is 0 Å². The number of nitrogens with zero attached hydrogens (tertiary/aromatic N) is 2. The molecule has 0 saturated carbocycles. The summed E-state index contributed by atoms with van der Waals surface area (Å²) in [4.78, 5) is 0. The Morgan fingerprint density at radius 3 is 2.72 bits per heavy atom. The molecule has 0 spiro atoms. The third kappa shape index (κ3) is 5.00. The lowest BCUT2D eigenvalue weighted by molar-refractivity contribution is 0.534. The lowest BCUT2D eigenvalue weighted by Crippen LogP contribution is -2.39. The maximum atomic E-state index is 5.64. The van der Waals surface area contributed by atoms with Gasteiger partial charge in [0.1, 0.15) is 0 Å². The first-order valence-corrected chi connectivity index (χ1v) is 7.79. The van der Waals surface area contributed by atoms with Gasteiger partial charge in [-0.15, -0.1) is 0 Å². The van der Waals surface area contributed by atoms with E-state index in [0.717, 1.165) is 30.3 Å². The molecule has 1 aromatic rings. The standard InChI is InChI=1S/C13H26N4S/c1-5-17-13(6-11(4)16-17)7-12(15-14)9-18-8-10(2)3/h6,10,12,15H,5,7-9,14H2,1-4H3. The summed E-state index contributed by atoms with van der Waals surface area (Å²) in [6, 6.07) is 2.47. The number of aromatic nitrogens is 2. The molecule has 1 heterocycles. The van der Waals surface area contributed by atoms with Gasteiger partial charge in [0.25, 0.3) is 0 Å². The predicted molar refractivity (Wildman–Crippen MR) is 79.6 cm³/mol. The van der Waals surface area contributed by atoms with E-state index in [1.807, 2.05) is 18.7 Å². The Balaban J connectivity index is 2.51. The lowest BCUT2D eigenvalue weighted by Gasteiger charge is -2.16. The third-order valence-corrected chi connectivity index (χ3v) is 4.29. The first-order valence-electron chi connectivity index (χ1n) is 6.64. The van der Waals surface area contributed by atoms with Crippen molar-refractivity contribution in [2.24, 2.45) is 11.8 Å². The van der Waals surface area contributed by atoms with Gasteiger partial charge in [0.05, 0.1) is 5.69 Å². The van der Waals surface area contributed by atoms with Crippen LogP contribution >= 0.6 is 11.8 Å². The third-order valence-electron chi connectivity index (χ3n) is 2.75. The zero-order chi connectivity index (χ0) is 13.5. The average Bonchev–Trinajstić information content (AvgIpc) is 2.67. The highest BCUT2D eigenvalue weighted by atomic mass is 32.2. The average molecular weight is 270 g/mol. The summed E-state index contributed by atoms with van der Waals surface area (Å²) >= 11 is 1.96. The predicted octanol–water partition coefficient (Wildman–Crippen LogP) is 1.98. The largest absolute Gasteiger partial charge is 0.271 e. The zero-order valence-corrected chi connectivity index (χ0v) is 12.8. The number of thioether (sulfide) groups is 1. The number of hydrogen-bond acceptors (Lipinski definition) is 4. The summed E-state index contributed by atoms with van der Waals surface area (Å²) in [5, 5.41) is 4.47. The van der Waals surface area contributed by atoms with Crippen LogP contribution in [-0.2, 0) is 13.0 Å². The molecule has 0 aromatic carbocycles. The monoisotopic (exact) mass is 270 g/mol. The van der Waals surface area contributed by atoms with Crippen molar-refractivity contribution in [2.45, 2.75) is 46.7 Å². The van der Waals surface area contributed by atoms with Crippen molar-refractivity contribution in [2.75, 3.05) is 11.5 Å². The van der Waals surface area contributed by atoms with E-state index in [-0.39, 0.29) is 0 Å². The van der Waals surface area contributed by atoms with Gasteiger partial charge in [-0.25, -0.2) is 0 Å². The number of nitrogens with two attached hydrogens (primary N) is 1. The molecule has 1 aromatic heterocycles. The highest BCUT2D eigenvalue weighted by Crippen LogP contribution is 2.13. The van der Waals surface area contributed by atoms with Gasteiger partial charge in [0.15, 0.2) is 0 Å². The highest BCUT2D eigenvalue weighted by Gasteiger charge is 2.12. The molecular formula is C13H26N4S. The molecular weight excluding hydrogens is 244 g/mol. The molecule has 3 N–H and O–H groups in total. The van der Waals surface area contributed by atoms with E-state index in [9.17, 15) is 0 Å². The van der Waals surface area contributed by atoms with Crippen LogP contribution in [0.25, 0.3) is 0 Å². The molecule has 5 heteroatoms. The first-order chi connectivity index (χ1) is 8.56. The Kier molecular flexibility index (Phi) is 6.75. The minimum atomic E-state index is 0.315.